The van der Waals surface area contributed by atoms with E-state index in [4.69, 9.17) is 14.6 Å². The number of anilines is 3. The van der Waals surface area contributed by atoms with E-state index in [0.29, 0.717) is 54.8 Å². The van der Waals surface area contributed by atoms with Crippen LogP contribution < -0.4 is 25.6 Å². The zero-order valence-corrected chi connectivity index (χ0v) is 20.2. The number of aromatic nitrogens is 2. The molecule has 2 aliphatic heterocycles. The summed E-state index contributed by atoms with van der Waals surface area (Å²) in [4.78, 5) is 38.8. The molecular weight excluding hydrogens is 466 g/mol. The maximum atomic E-state index is 12.7. The second-order valence-corrected chi connectivity index (χ2v) is 8.36. The highest BCUT2D eigenvalue weighted by Crippen LogP contribution is 2.36. The first-order chi connectivity index (χ1) is 17.6. The number of hydrogen-bond donors (Lipinski definition) is 4. The third-order valence-electron chi connectivity index (χ3n) is 5.85. The van der Waals surface area contributed by atoms with Gasteiger partial charge in [-0.2, -0.15) is 0 Å². The van der Waals surface area contributed by atoms with Crippen LogP contribution in [0.5, 0.6) is 5.75 Å². The van der Waals surface area contributed by atoms with Crippen molar-refractivity contribution in [2.24, 2.45) is 4.99 Å². The third kappa shape index (κ3) is 6.26. The highest BCUT2D eigenvalue weighted by Gasteiger charge is 2.33. The molecule has 4 rings (SSSR count). The lowest BCUT2D eigenvalue weighted by Crippen LogP contribution is -2.36. The van der Waals surface area contributed by atoms with E-state index in [1.165, 1.54) is 6.33 Å². The van der Waals surface area contributed by atoms with Gasteiger partial charge in [-0.05, 0) is 25.6 Å². The second kappa shape index (κ2) is 12.3. The summed E-state index contributed by atoms with van der Waals surface area (Å²) in [6.07, 6.45) is 3.44. The zero-order valence-electron chi connectivity index (χ0n) is 20.2. The standard InChI is InChI=1S/C24H31N7O5/c1-25-6-7-26-22-21-17(24(34)30-23(21)29-15-28-22)14-27-16-4-5-18(31-8-11-35-12-9-31)19(13-16)36-10-2-3-20(32)33/h4-5,13-15,17,25H,2-3,6-12H2,1H3,(H,32,33)(H2,26,28,29,30,34). The molecule has 12 heteroatoms. The van der Waals surface area contributed by atoms with Crippen LogP contribution in [0.4, 0.5) is 23.0 Å². The molecule has 1 fully saturated rings. The summed E-state index contributed by atoms with van der Waals surface area (Å²) in [5, 5.41) is 18.0. The van der Waals surface area contributed by atoms with E-state index in [9.17, 15) is 9.59 Å². The highest BCUT2D eigenvalue weighted by molar-refractivity contribution is 6.13. The molecular formula is C24H31N7O5. The van der Waals surface area contributed by atoms with Crippen molar-refractivity contribution in [1.82, 2.24) is 15.3 Å². The van der Waals surface area contributed by atoms with E-state index >= 15 is 0 Å². The predicted octanol–water partition coefficient (Wildman–Crippen LogP) is 1.63. The number of likely N-dealkylation sites (N-methyl/N-ethyl adjacent to an activating group) is 1. The number of aliphatic imine (C=N–C) groups is 1. The molecule has 1 aromatic heterocycles. The third-order valence-corrected chi connectivity index (χ3v) is 5.85. The highest BCUT2D eigenvalue weighted by atomic mass is 16.5. The summed E-state index contributed by atoms with van der Waals surface area (Å²) in [6, 6.07) is 5.61. The Balaban J connectivity index is 1.55. The Hall–Kier alpha value is -3.77. The molecule has 2 aromatic rings. The van der Waals surface area contributed by atoms with Gasteiger partial charge in [0.1, 0.15) is 29.6 Å². The molecule has 1 aromatic carbocycles. The average molecular weight is 498 g/mol. The number of carbonyl (C=O) groups is 2. The maximum absolute atomic E-state index is 12.7. The molecule has 0 saturated carbocycles. The van der Waals surface area contributed by atoms with Gasteiger partial charge in [0, 0.05) is 44.9 Å². The molecule has 12 nitrogen and oxygen atoms in total. The van der Waals surface area contributed by atoms with Gasteiger partial charge in [-0.25, -0.2) is 9.97 Å². The SMILES string of the molecule is CNCCNc1ncnc2c1C(C=Nc1ccc(N3CCOCC3)c(OCCCC(=O)O)c1)C(=O)N2. The van der Waals surface area contributed by atoms with Crippen LogP contribution in [0.15, 0.2) is 29.5 Å². The van der Waals surface area contributed by atoms with Crippen LogP contribution in [0.1, 0.15) is 24.3 Å². The number of rotatable bonds is 12. The predicted molar refractivity (Wildman–Crippen MR) is 136 cm³/mol. The minimum atomic E-state index is -0.857. The smallest absolute Gasteiger partial charge is 0.303 e. The van der Waals surface area contributed by atoms with Crippen LogP contribution in [0.25, 0.3) is 0 Å². The van der Waals surface area contributed by atoms with E-state index in [1.54, 1.807) is 6.21 Å². The second-order valence-electron chi connectivity index (χ2n) is 8.36. The molecule has 4 N–H and O–H groups in total. The summed E-state index contributed by atoms with van der Waals surface area (Å²) >= 11 is 0. The largest absolute Gasteiger partial charge is 0.491 e. The molecule has 0 radical (unpaired) electrons. The molecule has 0 spiro atoms. The Bertz CT molecular complexity index is 1100. The fraction of sp³-hybridized carbons (Fsp3) is 0.458. The van der Waals surface area contributed by atoms with Crippen molar-refractivity contribution < 1.29 is 24.2 Å². The lowest BCUT2D eigenvalue weighted by Gasteiger charge is -2.30. The lowest BCUT2D eigenvalue weighted by atomic mass is 10.0. The Morgan fingerprint density at radius 3 is 2.94 bits per heavy atom. The molecule has 192 valence electrons. The number of nitrogens with zero attached hydrogens (tertiary/aromatic N) is 4. The molecule has 1 atom stereocenters. The molecule has 0 aliphatic carbocycles. The number of hydrogen-bond acceptors (Lipinski definition) is 10. The fourth-order valence-electron chi connectivity index (χ4n) is 4.03. The Morgan fingerprint density at radius 1 is 1.33 bits per heavy atom. The van der Waals surface area contributed by atoms with Gasteiger partial charge < -0.3 is 35.4 Å². The van der Waals surface area contributed by atoms with Gasteiger partial charge in [0.2, 0.25) is 5.91 Å². The van der Waals surface area contributed by atoms with Crippen LogP contribution in [-0.4, -0.2) is 86.2 Å². The number of morpholine rings is 1. The Kier molecular flexibility index (Phi) is 8.63. The number of benzene rings is 1. The van der Waals surface area contributed by atoms with Gasteiger partial charge >= 0.3 is 5.97 Å². The number of carboxylic acid groups (broad SMARTS) is 1. The minimum Gasteiger partial charge on any atom is -0.491 e. The molecule has 1 unspecified atom stereocenters. The van der Waals surface area contributed by atoms with Crippen molar-refractivity contribution in [3.8, 4) is 5.75 Å². The van der Waals surface area contributed by atoms with Crippen molar-refractivity contribution >= 4 is 41.1 Å². The van der Waals surface area contributed by atoms with Gasteiger partial charge in [-0.15, -0.1) is 0 Å². The normalized spacial score (nSPS) is 17.2. The Morgan fingerprint density at radius 2 is 2.17 bits per heavy atom. The first-order valence-electron chi connectivity index (χ1n) is 12.0. The van der Waals surface area contributed by atoms with E-state index in [2.05, 4.69) is 35.8 Å². The van der Waals surface area contributed by atoms with Crippen LogP contribution in [-0.2, 0) is 14.3 Å². The van der Waals surface area contributed by atoms with Gasteiger partial charge in [-0.1, -0.05) is 0 Å². The molecule has 3 heterocycles. The van der Waals surface area contributed by atoms with Crippen LogP contribution in [0.3, 0.4) is 0 Å². The number of carboxylic acids is 1. The fourth-order valence-corrected chi connectivity index (χ4v) is 4.03. The van der Waals surface area contributed by atoms with Gasteiger partial charge in [0.15, 0.2) is 0 Å². The average Bonchev–Trinajstić information content (AvgIpc) is 3.21. The maximum Gasteiger partial charge on any atom is 0.303 e. The first kappa shape index (κ1) is 25.3. The number of fused-ring (bicyclic) bond motifs is 1. The summed E-state index contributed by atoms with van der Waals surface area (Å²) in [6.45, 7) is 4.37. The number of aliphatic carboxylic acids is 1. The molecule has 36 heavy (non-hydrogen) atoms. The van der Waals surface area contributed by atoms with Crippen LogP contribution in [0.2, 0.25) is 0 Å². The van der Waals surface area contributed by atoms with E-state index in [0.717, 1.165) is 25.3 Å². The molecule has 2 aliphatic rings. The van der Waals surface area contributed by atoms with Crippen molar-refractivity contribution in [1.29, 1.82) is 0 Å². The number of nitrogens with one attached hydrogen (secondary N) is 3. The number of ether oxygens (including phenoxy) is 2. The minimum absolute atomic E-state index is 0.0354. The summed E-state index contributed by atoms with van der Waals surface area (Å²) in [7, 11) is 1.86. The zero-order chi connectivity index (χ0) is 25.3. The summed E-state index contributed by atoms with van der Waals surface area (Å²) < 4.78 is 11.4. The van der Waals surface area contributed by atoms with E-state index < -0.39 is 11.9 Å². The number of amides is 1. The first-order valence-corrected chi connectivity index (χ1v) is 12.0. The van der Waals surface area contributed by atoms with E-state index in [1.807, 2.05) is 25.2 Å². The van der Waals surface area contributed by atoms with Crippen molar-refractivity contribution in [2.45, 2.75) is 18.8 Å². The Labute approximate surface area is 209 Å². The van der Waals surface area contributed by atoms with Crippen molar-refractivity contribution in [3.05, 3.63) is 30.1 Å². The van der Waals surface area contributed by atoms with Crippen molar-refractivity contribution in [2.75, 3.05) is 68.6 Å². The number of carbonyl (C=O) groups excluding carboxylic acids is 1. The quantitative estimate of drug-likeness (QED) is 0.252. The van der Waals surface area contributed by atoms with Crippen LogP contribution in [0, 0.1) is 0 Å². The topological polar surface area (TPSA) is 150 Å². The molecule has 1 saturated heterocycles. The van der Waals surface area contributed by atoms with Gasteiger partial charge in [0.25, 0.3) is 0 Å². The van der Waals surface area contributed by atoms with Gasteiger partial charge in [0.05, 0.1) is 36.8 Å². The van der Waals surface area contributed by atoms with Crippen molar-refractivity contribution in [3.63, 3.8) is 0 Å². The monoisotopic (exact) mass is 497 g/mol. The molecule has 1 amide bonds. The van der Waals surface area contributed by atoms with Gasteiger partial charge in [-0.3, -0.25) is 14.6 Å². The summed E-state index contributed by atoms with van der Waals surface area (Å²) in [5.41, 5.74) is 2.18. The summed E-state index contributed by atoms with van der Waals surface area (Å²) in [5.74, 6) is -0.0351. The van der Waals surface area contributed by atoms with Crippen LogP contribution >= 0.6 is 0 Å². The molecule has 0 bridgehead atoms. The lowest BCUT2D eigenvalue weighted by molar-refractivity contribution is -0.137. The van der Waals surface area contributed by atoms with E-state index in [-0.39, 0.29) is 18.9 Å².